The van der Waals surface area contributed by atoms with Gasteiger partial charge in [0.25, 0.3) is 0 Å². The van der Waals surface area contributed by atoms with Gasteiger partial charge in [-0.1, -0.05) is 12.1 Å². The zero-order valence-electron chi connectivity index (χ0n) is 15.0. The van der Waals surface area contributed by atoms with Gasteiger partial charge in [0.05, 0.1) is 23.3 Å². The predicted molar refractivity (Wildman–Crippen MR) is 103 cm³/mol. The molecule has 0 amide bonds. The second kappa shape index (κ2) is 8.66. The number of esters is 1. The molecule has 10 heteroatoms. The third-order valence-electron chi connectivity index (χ3n) is 3.87. The summed E-state index contributed by atoms with van der Waals surface area (Å²) in [6.07, 6.45) is 0. The maximum atomic E-state index is 12.5. The largest absolute Gasteiger partial charge is 0.497 e. The third kappa shape index (κ3) is 4.77. The van der Waals surface area contributed by atoms with Gasteiger partial charge >= 0.3 is 11.7 Å². The Hall–Kier alpha value is -2.85. The summed E-state index contributed by atoms with van der Waals surface area (Å²) in [6, 6.07) is 11.5. The molecule has 0 unspecified atom stereocenters. The first kappa shape index (κ1) is 20.9. The number of benzene rings is 2. The molecular weight excluding hydrogens is 424 g/mol. The number of thiazole rings is 1. The van der Waals surface area contributed by atoms with Crippen molar-refractivity contribution < 1.29 is 31.5 Å². The van der Waals surface area contributed by atoms with Crippen molar-refractivity contribution in [2.24, 2.45) is 0 Å². The number of hydrogen-bond donors (Lipinski definition) is 0. The van der Waals surface area contributed by atoms with Gasteiger partial charge in [-0.3, -0.25) is 0 Å². The Morgan fingerprint density at radius 3 is 2.55 bits per heavy atom. The maximum absolute atomic E-state index is 12.5. The van der Waals surface area contributed by atoms with Crippen molar-refractivity contribution in [2.45, 2.75) is 17.3 Å². The van der Waals surface area contributed by atoms with Gasteiger partial charge in [-0.15, -0.1) is 11.3 Å². The fraction of sp³-hybridized carbons (Fsp3) is 0.158. The predicted octanol–water partition coefficient (Wildman–Crippen LogP) is 4.17. The lowest BCUT2D eigenvalue weighted by atomic mass is 10.2. The number of rotatable bonds is 7. The maximum Gasteiger partial charge on any atom is 0.341 e. The quantitative estimate of drug-likeness (QED) is 0.514. The van der Waals surface area contributed by atoms with E-state index >= 15 is 0 Å². The van der Waals surface area contributed by atoms with E-state index in [1.807, 2.05) is 24.3 Å². The molecule has 1 heterocycles. The second-order valence-electron chi connectivity index (χ2n) is 5.78. The number of alkyl halides is 2. The normalized spacial score (nSPS) is 11.4. The Morgan fingerprint density at radius 2 is 1.90 bits per heavy atom. The molecule has 3 aromatic rings. The summed E-state index contributed by atoms with van der Waals surface area (Å²) in [6.45, 7) is -0.0869. The molecule has 1 aromatic heterocycles. The number of carbonyl (C=O) groups excluding carboxylic acids is 1. The van der Waals surface area contributed by atoms with E-state index in [1.54, 1.807) is 12.5 Å². The first-order chi connectivity index (χ1) is 13.8. The van der Waals surface area contributed by atoms with E-state index in [9.17, 15) is 22.0 Å². The number of aromatic nitrogens is 1. The van der Waals surface area contributed by atoms with E-state index in [0.29, 0.717) is 11.4 Å². The summed E-state index contributed by atoms with van der Waals surface area (Å²) in [5.41, 5.74) is 1.45. The van der Waals surface area contributed by atoms with Crippen LogP contribution in [0.3, 0.4) is 0 Å². The van der Waals surface area contributed by atoms with Crippen molar-refractivity contribution in [2.75, 3.05) is 7.11 Å². The minimum absolute atomic E-state index is 0.0430. The highest BCUT2D eigenvalue weighted by Crippen LogP contribution is 2.27. The molecule has 152 valence electrons. The minimum atomic E-state index is -4.71. The highest BCUT2D eigenvalue weighted by Gasteiger charge is 2.26. The van der Waals surface area contributed by atoms with E-state index in [-0.39, 0.29) is 12.2 Å². The number of methoxy groups -OCH3 is 1. The highest BCUT2D eigenvalue weighted by molar-refractivity contribution is 7.91. The Kier molecular flexibility index (Phi) is 6.23. The molecule has 0 N–H and O–H groups in total. The van der Waals surface area contributed by atoms with Gasteiger partial charge in [0.15, 0.2) is 0 Å². The Bertz CT molecular complexity index is 1110. The van der Waals surface area contributed by atoms with E-state index in [2.05, 4.69) is 4.98 Å². The van der Waals surface area contributed by atoms with Crippen LogP contribution in [-0.4, -0.2) is 32.2 Å². The molecule has 3 rings (SSSR count). The van der Waals surface area contributed by atoms with Crippen LogP contribution in [0, 0.1) is 0 Å². The monoisotopic (exact) mass is 439 g/mol. The van der Waals surface area contributed by atoms with Crippen LogP contribution in [-0.2, 0) is 21.2 Å². The van der Waals surface area contributed by atoms with Crippen LogP contribution in [0.15, 0.2) is 58.8 Å². The first-order valence-corrected chi connectivity index (χ1v) is 10.6. The molecule has 0 aliphatic rings. The lowest BCUT2D eigenvalue weighted by molar-refractivity contribution is 0.0468. The van der Waals surface area contributed by atoms with E-state index < -0.39 is 26.5 Å². The van der Waals surface area contributed by atoms with Crippen molar-refractivity contribution in [3.05, 3.63) is 65.2 Å². The van der Waals surface area contributed by atoms with Crippen molar-refractivity contribution in [1.29, 1.82) is 0 Å². The second-order valence-corrected chi connectivity index (χ2v) is 8.56. The SMILES string of the molecule is COc1cccc(-c2nc(COC(=O)c3ccc(S(=O)(=O)C(F)F)cc3)cs2)c1. The number of nitrogens with zero attached hydrogens (tertiary/aromatic N) is 1. The molecular formula is C19H15F2NO5S2. The van der Waals surface area contributed by atoms with Crippen molar-refractivity contribution >= 4 is 27.1 Å². The molecule has 0 atom stereocenters. The number of ether oxygens (including phenoxy) is 2. The smallest absolute Gasteiger partial charge is 0.341 e. The first-order valence-electron chi connectivity index (χ1n) is 8.19. The lowest BCUT2D eigenvalue weighted by Crippen LogP contribution is -2.12. The number of carbonyl (C=O) groups is 1. The molecule has 0 radical (unpaired) electrons. The summed E-state index contributed by atoms with van der Waals surface area (Å²) in [4.78, 5) is 16.0. The summed E-state index contributed by atoms with van der Waals surface area (Å²) in [7, 11) is -3.14. The van der Waals surface area contributed by atoms with Crippen molar-refractivity contribution in [3.8, 4) is 16.3 Å². The molecule has 6 nitrogen and oxygen atoms in total. The standard InChI is InChI=1S/C19H15F2NO5S2/c1-26-15-4-2-3-13(9-15)17-22-14(11-28-17)10-27-18(23)12-5-7-16(8-6-12)29(24,25)19(20)21/h2-9,11,19H,10H2,1H3. The Labute approximate surface area is 169 Å². The van der Waals surface area contributed by atoms with E-state index in [1.165, 1.54) is 11.3 Å². The van der Waals surface area contributed by atoms with Crippen molar-refractivity contribution in [3.63, 3.8) is 0 Å². The van der Waals surface area contributed by atoms with Gasteiger partial charge in [0.1, 0.15) is 17.4 Å². The Balaban J connectivity index is 1.65. The minimum Gasteiger partial charge on any atom is -0.497 e. The van der Waals surface area contributed by atoms with Gasteiger partial charge in [0, 0.05) is 10.9 Å². The summed E-state index contributed by atoms with van der Waals surface area (Å²) in [5, 5.41) is 2.48. The van der Waals surface area contributed by atoms with Gasteiger partial charge in [-0.2, -0.15) is 8.78 Å². The molecule has 0 aliphatic carbocycles. The zero-order chi connectivity index (χ0) is 21.0. The topological polar surface area (TPSA) is 82.6 Å². The van der Waals surface area contributed by atoms with Crippen LogP contribution in [0.25, 0.3) is 10.6 Å². The summed E-state index contributed by atoms with van der Waals surface area (Å²) in [5.74, 6) is -3.55. The van der Waals surface area contributed by atoms with Crippen LogP contribution >= 0.6 is 11.3 Å². The number of hydrogen-bond acceptors (Lipinski definition) is 7. The fourth-order valence-corrected chi connectivity index (χ4v) is 3.89. The molecule has 0 aliphatic heterocycles. The molecule has 0 fully saturated rings. The van der Waals surface area contributed by atoms with Crippen LogP contribution in [0.5, 0.6) is 5.75 Å². The fourth-order valence-electron chi connectivity index (χ4n) is 2.37. The lowest BCUT2D eigenvalue weighted by Gasteiger charge is -2.05. The molecule has 0 saturated carbocycles. The molecule has 2 aromatic carbocycles. The average Bonchev–Trinajstić information content (AvgIpc) is 3.21. The molecule has 0 spiro atoms. The van der Waals surface area contributed by atoms with E-state index in [4.69, 9.17) is 9.47 Å². The van der Waals surface area contributed by atoms with Gasteiger partial charge in [0.2, 0.25) is 9.84 Å². The Morgan fingerprint density at radius 1 is 1.17 bits per heavy atom. The summed E-state index contributed by atoms with van der Waals surface area (Å²) >= 11 is 1.38. The number of halogens is 2. The molecule has 29 heavy (non-hydrogen) atoms. The van der Waals surface area contributed by atoms with Crippen molar-refractivity contribution in [1.82, 2.24) is 4.98 Å². The van der Waals surface area contributed by atoms with Crippen LogP contribution in [0.1, 0.15) is 16.1 Å². The molecule has 0 bridgehead atoms. The third-order valence-corrected chi connectivity index (χ3v) is 6.21. The highest BCUT2D eigenvalue weighted by atomic mass is 32.2. The van der Waals surface area contributed by atoms with Crippen LogP contribution in [0.2, 0.25) is 0 Å². The van der Waals surface area contributed by atoms with Crippen LogP contribution in [0.4, 0.5) is 8.78 Å². The van der Waals surface area contributed by atoms with Gasteiger partial charge < -0.3 is 9.47 Å². The van der Waals surface area contributed by atoms with Gasteiger partial charge in [-0.05, 0) is 36.4 Å². The average molecular weight is 439 g/mol. The summed E-state index contributed by atoms with van der Waals surface area (Å²) < 4.78 is 58.2. The number of sulfone groups is 1. The van der Waals surface area contributed by atoms with Gasteiger partial charge in [-0.25, -0.2) is 18.2 Å². The zero-order valence-corrected chi connectivity index (χ0v) is 16.7. The van der Waals surface area contributed by atoms with Crippen LogP contribution < -0.4 is 4.74 Å². The van der Waals surface area contributed by atoms with E-state index in [0.717, 1.165) is 34.8 Å². The molecule has 0 saturated heterocycles.